The van der Waals surface area contributed by atoms with Crippen LogP contribution in [-0.2, 0) is 0 Å². The molecule has 2 atom stereocenters. The fourth-order valence-corrected chi connectivity index (χ4v) is 2.51. The summed E-state index contributed by atoms with van der Waals surface area (Å²) in [6, 6.07) is 8.35. The highest BCUT2D eigenvalue weighted by molar-refractivity contribution is 5.88. The Balaban J connectivity index is 2.04. The van der Waals surface area contributed by atoms with Crippen molar-refractivity contribution in [1.29, 1.82) is 0 Å². The van der Waals surface area contributed by atoms with E-state index >= 15 is 0 Å². The molecular formula is C17H24N2. The normalized spacial score (nSPS) is 25.3. The lowest BCUT2D eigenvalue weighted by Crippen LogP contribution is -2.24. The van der Waals surface area contributed by atoms with Crippen molar-refractivity contribution in [3.63, 3.8) is 0 Å². The van der Waals surface area contributed by atoms with Crippen LogP contribution in [0, 0.1) is 18.8 Å². The Labute approximate surface area is 116 Å². The molecular weight excluding hydrogens is 232 g/mol. The van der Waals surface area contributed by atoms with Crippen molar-refractivity contribution in [2.24, 2.45) is 16.9 Å². The van der Waals surface area contributed by atoms with E-state index in [-0.39, 0.29) is 0 Å². The molecule has 1 aromatic rings. The Morgan fingerprint density at radius 3 is 2.58 bits per heavy atom. The largest absolute Gasteiger partial charge is 0.279 e. The fraction of sp³-hybridized carbons (Fsp3) is 0.471. The molecule has 102 valence electrons. The molecule has 2 nitrogen and oxygen atoms in total. The van der Waals surface area contributed by atoms with Crippen LogP contribution in [0.15, 0.2) is 41.5 Å². The summed E-state index contributed by atoms with van der Waals surface area (Å²) in [5.74, 6) is 1.18. The van der Waals surface area contributed by atoms with Crippen molar-refractivity contribution < 1.29 is 0 Å². The van der Waals surface area contributed by atoms with Gasteiger partial charge >= 0.3 is 0 Å². The number of benzene rings is 1. The number of aryl methyl sites for hydroxylation is 1. The summed E-state index contributed by atoms with van der Waals surface area (Å²) < 4.78 is 0. The molecule has 2 rings (SSSR count). The van der Waals surface area contributed by atoms with E-state index in [0.29, 0.717) is 11.8 Å². The highest BCUT2D eigenvalue weighted by Crippen LogP contribution is 2.30. The van der Waals surface area contributed by atoms with Gasteiger partial charge in [-0.1, -0.05) is 36.8 Å². The summed E-state index contributed by atoms with van der Waals surface area (Å²) in [5.41, 5.74) is 8.08. The van der Waals surface area contributed by atoms with Crippen molar-refractivity contribution >= 4 is 11.4 Å². The molecule has 1 saturated carbocycles. The molecule has 2 unspecified atom stereocenters. The molecule has 0 saturated heterocycles. The van der Waals surface area contributed by atoms with Gasteiger partial charge < -0.3 is 0 Å². The van der Waals surface area contributed by atoms with Crippen LogP contribution in [0.5, 0.6) is 0 Å². The van der Waals surface area contributed by atoms with E-state index in [1.54, 1.807) is 0 Å². The van der Waals surface area contributed by atoms with Crippen molar-refractivity contribution in [1.82, 2.24) is 0 Å². The quantitative estimate of drug-likeness (QED) is 0.611. The second-order valence-corrected chi connectivity index (χ2v) is 5.81. The SMILES string of the molecule is C=C(C)C1CCC(C)/C(=N/Nc2ccc(C)cc2)C1. The minimum absolute atomic E-state index is 0.577. The minimum atomic E-state index is 0.577. The fourth-order valence-electron chi connectivity index (χ4n) is 2.51. The summed E-state index contributed by atoms with van der Waals surface area (Å²) in [6.45, 7) is 10.6. The van der Waals surface area contributed by atoms with E-state index < -0.39 is 0 Å². The molecule has 1 aromatic carbocycles. The van der Waals surface area contributed by atoms with Crippen LogP contribution in [0.4, 0.5) is 5.69 Å². The van der Waals surface area contributed by atoms with Gasteiger partial charge in [0.25, 0.3) is 0 Å². The van der Waals surface area contributed by atoms with Crippen LogP contribution >= 0.6 is 0 Å². The van der Waals surface area contributed by atoms with E-state index in [0.717, 1.165) is 12.1 Å². The zero-order valence-corrected chi connectivity index (χ0v) is 12.2. The number of nitrogens with zero attached hydrogens (tertiary/aromatic N) is 1. The summed E-state index contributed by atoms with van der Waals surface area (Å²) in [6.07, 6.45) is 3.52. The number of hydrogen-bond acceptors (Lipinski definition) is 2. The maximum atomic E-state index is 4.62. The van der Waals surface area contributed by atoms with E-state index in [4.69, 9.17) is 0 Å². The molecule has 0 radical (unpaired) electrons. The predicted molar refractivity (Wildman–Crippen MR) is 83.6 cm³/mol. The predicted octanol–water partition coefficient (Wildman–Crippen LogP) is 4.78. The van der Waals surface area contributed by atoms with Gasteiger partial charge in [-0.3, -0.25) is 5.43 Å². The molecule has 1 N–H and O–H groups in total. The first-order valence-electron chi connectivity index (χ1n) is 7.11. The van der Waals surface area contributed by atoms with Gasteiger partial charge in [-0.05, 0) is 57.1 Å². The summed E-state index contributed by atoms with van der Waals surface area (Å²) in [7, 11) is 0. The van der Waals surface area contributed by atoms with Crippen molar-refractivity contribution in [3.8, 4) is 0 Å². The zero-order valence-electron chi connectivity index (χ0n) is 12.2. The van der Waals surface area contributed by atoms with Crippen LogP contribution in [0.3, 0.4) is 0 Å². The van der Waals surface area contributed by atoms with Crippen molar-refractivity contribution in [2.75, 3.05) is 5.43 Å². The third-order valence-electron chi connectivity index (χ3n) is 4.05. The molecule has 0 heterocycles. The number of hydrazone groups is 1. The lowest BCUT2D eigenvalue weighted by Gasteiger charge is -2.28. The van der Waals surface area contributed by atoms with Crippen LogP contribution < -0.4 is 5.43 Å². The number of hydrogen-bond donors (Lipinski definition) is 1. The van der Waals surface area contributed by atoms with Crippen LogP contribution in [-0.4, -0.2) is 5.71 Å². The lowest BCUT2D eigenvalue weighted by atomic mass is 9.78. The van der Waals surface area contributed by atoms with E-state index in [2.05, 4.69) is 62.1 Å². The molecule has 0 amide bonds. The van der Waals surface area contributed by atoms with Gasteiger partial charge in [-0.25, -0.2) is 0 Å². The molecule has 2 heteroatoms. The average molecular weight is 256 g/mol. The Morgan fingerprint density at radius 2 is 1.95 bits per heavy atom. The molecule has 0 bridgehead atoms. The summed E-state index contributed by atoms with van der Waals surface area (Å²) in [4.78, 5) is 0. The maximum Gasteiger partial charge on any atom is 0.0561 e. The second-order valence-electron chi connectivity index (χ2n) is 5.81. The van der Waals surface area contributed by atoms with Gasteiger partial charge in [0.05, 0.1) is 5.69 Å². The van der Waals surface area contributed by atoms with E-state index in [1.165, 1.54) is 29.7 Å². The molecule has 19 heavy (non-hydrogen) atoms. The molecule has 0 aliphatic heterocycles. The van der Waals surface area contributed by atoms with Gasteiger partial charge in [0.2, 0.25) is 0 Å². The van der Waals surface area contributed by atoms with E-state index in [9.17, 15) is 0 Å². The van der Waals surface area contributed by atoms with Crippen molar-refractivity contribution in [2.45, 2.75) is 40.0 Å². The topological polar surface area (TPSA) is 24.4 Å². The molecule has 0 spiro atoms. The third-order valence-corrected chi connectivity index (χ3v) is 4.05. The number of anilines is 1. The van der Waals surface area contributed by atoms with Crippen LogP contribution in [0.2, 0.25) is 0 Å². The summed E-state index contributed by atoms with van der Waals surface area (Å²) in [5, 5.41) is 4.62. The molecule has 1 aliphatic rings. The van der Waals surface area contributed by atoms with Crippen molar-refractivity contribution in [3.05, 3.63) is 42.0 Å². The molecule has 0 aromatic heterocycles. The third kappa shape index (κ3) is 3.69. The van der Waals surface area contributed by atoms with Crippen LogP contribution in [0.1, 0.15) is 38.7 Å². The Morgan fingerprint density at radius 1 is 1.26 bits per heavy atom. The highest BCUT2D eigenvalue weighted by Gasteiger charge is 2.24. The number of nitrogens with one attached hydrogen (secondary N) is 1. The smallest absolute Gasteiger partial charge is 0.0561 e. The first-order valence-corrected chi connectivity index (χ1v) is 7.11. The maximum absolute atomic E-state index is 4.62. The van der Waals surface area contributed by atoms with Gasteiger partial charge in [-0.15, -0.1) is 0 Å². The highest BCUT2D eigenvalue weighted by atomic mass is 15.3. The Hall–Kier alpha value is -1.57. The standard InChI is InChI=1S/C17H24N2/c1-12(2)15-8-7-14(4)17(11-15)19-18-16-9-5-13(3)6-10-16/h5-6,9-10,14-15,18H,1,7-8,11H2,2-4H3/b19-17+. The first kappa shape index (κ1) is 13.9. The average Bonchev–Trinajstić information content (AvgIpc) is 2.39. The summed E-state index contributed by atoms with van der Waals surface area (Å²) >= 11 is 0. The lowest BCUT2D eigenvalue weighted by molar-refractivity contribution is 0.464. The Kier molecular flexibility index (Phi) is 4.41. The number of allylic oxidation sites excluding steroid dienone is 1. The molecule has 1 fully saturated rings. The minimum Gasteiger partial charge on any atom is -0.279 e. The van der Waals surface area contributed by atoms with E-state index in [1.807, 2.05) is 0 Å². The molecule has 1 aliphatic carbocycles. The second kappa shape index (κ2) is 6.05. The van der Waals surface area contributed by atoms with Gasteiger partial charge in [0.15, 0.2) is 0 Å². The van der Waals surface area contributed by atoms with Crippen LogP contribution in [0.25, 0.3) is 0 Å². The van der Waals surface area contributed by atoms with Gasteiger partial charge in [0.1, 0.15) is 0 Å². The number of rotatable bonds is 3. The van der Waals surface area contributed by atoms with Gasteiger partial charge in [-0.2, -0.15) is 5.10 Å². The Bertz CT molecular complexity index is 471. The monoisotopic (exact) mass is 256 g/mol. The zero-order chi connectivity index (χ0) is 13.8. The van der Waals surface area contributed by atoms with Gasteiger partial charge in [0, 0.05) is 5.71 Å². The first-order chi connectivity index (χ1) is 9.06.